The van der Waals surface area contributed by atoms with Gasteiger partial charge >= 0.3 is 0 Å². The quantitative estimate of drug-likeness (QED) is 0.616. The Kier molecular flexibility index (Phi) is 5.77. The maximum Gasteiger partial charge on any atom is 0.258 e. The second kappa shape index (κ2) is 7.76. The van der Waals surface area contributed by atoms with Gasteiger partial charge in [-0.25, -0.2) is 0 Å². The van der Waals surface area contributed by atoms with Crippen molar-refractivity contribution >= 4 is 49.8 Å². The molecule has 2 aromatic rings. The zero-order valence-electron chi connectivity index (χ0n) is 16.1. The van der Waals surface area contributed by atoms with Crippen LogP contribution in [-0.4, -0.2) is 11.8 Å². The number of thiophene rings is 1. The van der Waals surface area contributed by atoms with Crippen LogP contribution in [0.25, 0.3) is 0 Å². The number of amides is 2. The number of nitrogens with one attached hydrogen (secondary N) is 2. The summed E-state index contributed by atoms with van der Waals surface area (Å²) >= 11 is 5.02. The molecule has 1 unspecified atom stereocenters. The Labute approximate surface area is 172 Å². The highest BCUT2D eigenvalue weighted by Gasteiger charge is 2.34. The van der Waals surface area contributed by atoms with E-state index in [1.807, 2.05) is 24.3 Å². The predicted molar refractivity (Wildman–Crippen MR) is 116 cm³/mol. The van der Waals surface area contributed by atoms with Crippen molar-refractivity contribution in [2.24, 2.45) is 11.3 Å². The molecule has 6 heteroatoms. The van der Waals surface area contributed by atoms with Crippen LogP contribution in [0.1, 0.15) is 54.9 Å². The van der Waals surface area contributed by atoms with Crippen molar-refractivity contribution < 1.29 is 9.59 Å². The number of para-hydroxylation sites is 1. The number of fused-ring (bicyclic) bond motifs is 1. The van der Waals surface area contributed by atoms with Crippen molar-refractivity contribution in [3.63, 3.8) is 0 Å². The molecule has 3 rings (SSSR count). The first kappa shape index (κ1) is 20.1. The molecule has 27 heavy (non-hydrogen) atoms. The minimum absolute atomic E-state index is 0.157. The second-order valence-electron chi connectivity index (χ2n) is 8.13. The van der Waals surface area contributed by atoms with Gasteiger partial charge in [-0.2, -0.15) is 0 Å². The monoisotopic (exact) mass is 448 g/mol. The first-order valence-corrected chi connectivity index (χ1v) is 10.8. The molecule has 4 nitrogen and oxygen atoms in total. The Morgan fingerprint density at radius 1 is 1.19 bits per heavy atom. The predicted octanol–water partition coefficient (Wildman–Crippen LogP) is 5.87. The average Bonchev–Trinajstić information content (AvgIpc) is 2.92. The summed E-state index contributed by atoms with van der Waals surface area (Å²) in [5.74, 6) is 0.251. The minimum atomic E-state index is -0.169. The Bertz CT molecular complexity index is 883. The summed E-state index contributed by atoms with van der Waals surface area (Å²) in [7, 11) is 0. The Balaban J connectivity index is 1.96. The largest absolute Gasteiger partial charge is 0.321 e. The molecule has 1 atom stereocenters. The van der Waals surface area contributed by atoms with Gasteiger partial charge in [0.25, 0.3) is 5.91 Å². The Morgan fingerprint density at radius 2 is 1.89 bits per heavy atom. The van der Waals surface area contributed by atoms with E-state index in [1.54, 1.807) is 11.3 Å². The van der Waals surface area contributed by atoms with Gasteiger partial charge in [-0.1, -0.05) is 32.9 Å². The molecule has 0 spiro atoms. The van der Waals surface area contributed by atoms with E-state index < -0.39 is 0 Å². The summed E-state index contributed by atoms with van der Waals surface area (Å²) in [4.78, 5) is 26.0. The lowest BCUT2D eigenvalue weighted by molar-refractivity contribution is -0.114. The summed E-state index contributed by atoms with van der Waals surface area (Å²) < 4.78 is 0.830. The highest BCUT2D eigenvalue weighted by Crippen LogP contribution is 2.44. The number of hydrogen-bond donors (Lipinski definition) is 2. The maximum atomic E-state index is 13.1. The Morgan fingerprint density at radius 3 is 2.52 bits per heavy atom. The number of hydrogen-bond acceptors (Lipinski definition) is 3. The van der Waals surface area contributed by atoms with E-state index in [2.05, 4.69) is 47.3 Å². The van der Waals surface area contributed by atoms with Gasteiger partial charge in [-0.3, -0.25) is 9.59 Å². The number of carbonyl (C=O) groups is 2. The van der Waals surface area contributed by atoms with Crippen molar-refractivity contribution in [1.82, 2.24) is 0 Å². The second-order valence-corrected chi connectivity index (χ2v) is 10.1. The zero-order chi connectivity index (χ0) is 19.8. The fraction of sp³-hybridized carbons (Fsp3) is 0.429. The highest BCUT2D eigenvalue weighted by molar-refractivity contribution is 9.10. The number of anilines is 2. The van der Waals surface area contributed by atoms with Crippen LogP contribution in [0.2, 0.25) is 0 Å². The lowest BCUT2D eigenvalue weighted by Gasteiger charge is -2.33. The van der Waals surface area contributed by atoms with E-state index >= 15 is 0 Å². The maximum absolute atomic E-state index is 13.1. The molecule has 2 amide bonds. The van der Waals surface area contributed by atoms with E-state index in [-0.39, 0.29) is 17.2 Å². The van der Waals surface area contributed by atoms with Crippen LogP contribution >= 0.6 is 27.3 Å². The van der Waals surface area contributed by atoms with Crippen LogP contribution in [0.4, 0.5) is 10.7 Å². The van der Waals surface area contributed by atoms with Gasteiger partial charge in [0.15, 0.2) is 0 Å². The molecule has 1 aromatic heterocycles. The van der Waals surface area contributed by atoms with Crippen molar-refractivity contribution in [2.45, 2.75) is 47.0 Å². The summed E-state index contributed by atoms with van der Waals surface area (Å²) in [5.41, 5.74) is 2.66. The number of halogens is 1. The summed E-state index contributed by atoms with van der Waals surface area (Å²) in [5, 5.41) is 6.52. The summed E-state index contributed by atoms with van der Waals surface area (Å²) in [6.45, 7) is 8.29. The van der Waals surface area contributed by atoms with Crippen molar-refractivity contribution in [1.29, 1.82) is 0 Å². The van der Waals surface area contributed by atoms with Gasteiger partial charge in [0, 0.05) is 16.3 Å². The molecule has 0 radical (unpaired) electrons. The topological polar surface area (TPSA) is 58.2 Å². The van der Waals surface area contributed by atoms with Gasteiger partial charge in [0.2, 0.25) is 5.91 Å². The number of carbonyl (C=O) groups excluding carboxylic acids is 2. The van der Waals surface area contributed by atoms with E-state index in [0.29, 0.717) is 16.5 Å². The highest BCUT2D eigenvalue weighted by atomic mass is 79.9. The average molecular weight is 449 g/mol. The van der Waals surface area contributed by atoms with Gasteiger partial charge < -0.3 is 10.6 Å². The lowest BCUT2D eigenvalue weighted by atomic mass is 9.72. The molecule has 0 saturated carbocycles. The van der Waals surface area contributed by atoms with Crippen LogP contribution in [0.5, 0.6) is 0 Å². The van der Waals surface area contributed by atoms with E-state index in [9.17, 15) is 9.59 Å². The SMILES string of the molecule is CC(=O)Nc1sc2c(c1C(=O)Nc1ccccc1Br)CCC(C(C)(C)C)C2. The smallest absolute Gasteiger partial charge is 0.258 e. The van der Waals surface area contributed by atoms with E-state index in [4.69, 9.17) is 0 Å². The first-order valence-electron chi connectivity index (χ1n) is 9.15. The van der Waals surface area contributed by atoms with Crippen molar-refractivity contribution in [3.05, 3.63) is 44.7 Å². The van der Waals surface area contributed by atoms with Crippen LogP contribution in [0.3, 0.4) is 0 Å². The molecule has 144 valence electrons. The molecule has 0 saturated heterocycles. The van der Waals surface area contributed by atoms with Gasteiger partial charge in [0.1, 0.15) is 5.00 Å². The van der Waals surface area contributed by atoms with Crippen LogP contribution in [0.15, 0.2) is 28.7 Å². The molecule has 2 N–H and O–H groups in total. The van der Waals surface area contributed by atoms with Gasteiger partial charge in [-0.05, 0) is 64.2 Å². The third-order valence-electron chi connectivity index (χ3n) is 5.13. The zero-order valence-corrected chi connectivity index (χ0v) is 18.5. The third-order valence-corrected chi connectivity index (χ3v) is 6.99. The number of benzene rings is 1. The summed E-state index contributed by atoms with van der Waals surface area (Å²) in [6, 6.07) is 7.53. The lowest BCUT2D eigenvalue weighted by Crippen LogP contribution is -2.27. The minimum Gasteiger partial charge on any atom is -0.321 e. The molecule has 1 aromatic carbocycles. The van der Waals surface area contributed by atoms with Gasteiger partial charge in [0.05, 0.1) is 11.3 Å². The molecule has 0 bridgehead atoms. The van der Waals surface area contributed by atoms with Crippen molar-refractivity contribution in [2.75, 3.05) is 10.6 Å². The Hall–Kier alpha value is -1.66. The first-order chi connectivity index (χ1) is 12.7. The van der Waals surface area contributed by atoms with Crippen LogP contribution in [0, 0.1) is 11.3 Å². The van der Waals surface area contributed by atoms with Crippen LogP contribution < -0.4 is 10.6 Å². The molecule has 1 aliphatic carbocycles. The molecule has 0 fully saturated rings. The van der Waals surface area contributed by atoms with Crippen molar-refractivity contribution in [3.8, 4) is 0 Å². The van der Waals surface area contributed by atoms with E-state index in [0.717, 1.165) is 35.0 Å². The van der Waals surface area contributed by atoms with E-state index in [1.165, 1.54) is 11.8 Å². The molecule has 1 heterocycles. The van der Waals surface area contributed by atoms with Gasteiger partial charge in [-0.15, -0.1) is 11.3 Å². The standard InChI is InChI=1S/C21H25BrN2O2S/c1-12(25)23-20-18(19(26)24-16-8-6-5-7-15(16)22)14-10-9-13(21(2,3)4)11-17(14)27-20/h5-8,13H,9-11H2,1-4H3,(H,23,25)(H,24,26). The normalized spacial score (nSPS) is 16.6. The molecule has 0 aliphatic heterocycles. The molecular formula is C21H25BrN2O2S. The van der Waals surface area contributed by atoms with Crippen LogP contribution in [-0.2, 0) is 17.6 Å². The summed E-state index contributed by atoms with van der Waals surface area (Å²) in [6.07, 6.45) is 2.88. The fourth-order valence-electron chi connectivity index (χ4n) is 3.56. The molecular weight excluding hydrogens is 424 g/mol. The molecule has 1 aliphatic rings. The number of rotatable bonds is 3. The fourth-order valence-corrected chi connectivity index (χ4v) is 5.32. The third kappa shape index (κ3) is 4.43.